The van der Waals surface area contributed by atoms with Crippen molar-refractivity contribution in [1.82, 2.24) is 0 Å². The molecule has 0 unspecified atom stereocenters. The van der Waals surface area contributed by atoms with Crippen LogP contribution in [0.4, 0.5) is 18.9 Å². The molecule has 7 heteroatoms. The Hall–Kier alpha value is -1.89. The van der Waals surface area contributed by atoms with Crippen LogP contribution in [0.2, 0.25) is 0 Å². The number of rotatable bonds is 3. The molecule has 1 aromatic carbocycles. The highest BCUT2D eigenvalue weighted by molar-refractivity contribution is 5.62. The Bertz CT molecular complexity index is 455. The number of benzene rings is 1. The van der Waals surface area contributed by atoms with E-state index in [-0.39, 0.29) is 12.1 Å². The molecular weight excluding hydrogens is 237 g/mol. The van der Waals surface area contributed by atoms with E-state index in [1.807, 2.05) is 0 Å². The van der Waals surface area contributed by atoms with E-state index in [4.69, 9.17) is 5.73 Å². The molecule has 0 amide bonds. The van der Waals surface area contributed by atoms with Crippen LogP contribution in [-0.2, 0) is 6.18 Å². The third-order valence-corrected chi connectivity index (χ3v) is 1.99. The van der Waals surface area contributed by atoms with Crippen LogP contribution >= 0.6 is 0 Å². The number of nitrogens with zero attached hydrogens (tertiary/aromatic N) is 1. The fraction of sp³-hybridized carbons (Fsp3) is 0.200. The average molecular weight is 246 g/mol. The molecule has 0 heterocycles. The Kier molecular flexibility index (Phi) is 3.84. The van der Waals surface area contributed by atoms with Gasteiger partial charge in [0.05, 0.1) is 16.1 Å². The Balaban J connectivity index is 3.27. The van der Waals surface area contributed by atoms with E-state index in [2.05, 4.69) is 0 Å². The second kappa shape index (κ2) is 4.96. The summed E-state index contributed by atoms with van der Waals surface area (Å²) in [7, 11) is 0. The predicted octanol–water partition coefficient (Wildman–Crippen LogP) is 2.59. The quantitative estimate of drug-likeness (QED) is 0.658. The lowest BCUT2D eigenvalue weighted by Gasteiger charge is -2.07. The van der Waals surface area contributed by atoms with Crippen molar-refractivity contribution in [1.29, 1.82) is 0 Å². The fourth-order valence-electron chi connectivity index (χ4n) is 1.21. The predicted molar refractivity (Wildman–Crippen MR) is 56.2 cm³/mol. The van der Waals surface area contributed by atoms with Crippen molar-refractivity contribution in [2.24, 2.45) is 5.73 Å². The summed E-state index contributed by atoms with van der Waals surface area (Å²) in [6, 6.07) is 2.35. The van der Waals surface area contributed by atoms with Crippen molar-refractivity contribution < 1.29 is 18.1 Å². The first-order valence-corrected chi connectivity index (χ1v) is 4.58. The normalized spacial score (nSPS) is 12.0. The van der Waals surface area contributed by atoms with Gasteiger partial charge in [-0.25, -0.2) is 0 Å². The molecule has 92 valence electrons. The first-order chi connectivity index (χ1) is 7.86. The third-order valence-electron chi connectivity index (χ3n) is 1.99. The van der Waals surface area contributed by atoms with Crippen molar-refractivity contribution in [2.45, 2.75) is 6.18 Å². The first kappa shape index (κ1) is 13.2. The van der Waals surface area contributed by atoms with E-state index in [1.165, 1.54) is 12.2 Å². The molecule has 2 N–H and O–H groups in total. The summed E-state index contributed by atoms with van der Waals surface area (Å²) in [4.78, 5) is 9.78. The maximum Gasteiger partial charge on any atom is 0.416 e. The van der Waals surface area contributed by atoms with Gasteiger partial charge in [0, 0.05) is 12.6 Å². The maximum atomic E-state index is 12.4. The Morgan fingerprint density at radius 1 is 1.41 bits per heavy atom. The molecule has 0 atom stereocenters. The second-order valence-electron chi connectivity index (χ2n) is 3.17. The maximum absolute atomic E-state index is 12.4. The lowest BCUT2D eigenvalue weighted by Crippen LogP contribution is -2.06. The highest BCUT2D eigenvalue weighted by atomic mass is 19.4. The van der Waals surface area contributed by atoms with Crippen LogP contribution in [0.5, 0.6) is 0 Å². The molecule has 0 radical (unpaired) electrons. The van der Waals surface area contributed by atoms with E-state index in [0.29, 0.717) is 6.07 Å². The summed E-state index contributed by atoms with van der Waals surface area (Å²) >= 11 is 0. The molecule has 0 aliphatic rings. The summed E-state index contributed by atoms with van der Waals surface area (Å²) in [6.07, 6.45) is -1.85. The molecule has 0 aliphatic carbocycles. The van der Waals surface area contributed by atoms with Crippen LogP contribution in [0.1, 0.15) is 11.1 Å². The minimum Gasteiger partial charge on any atom is -0.327 e. The molecule has 1 aromatic rings. The zero-order valence-electron chi connectivity index (χ0n) is 8.57. The zero-order valence-corrected chi connectivity index (χ0v) is 8.57. The van der Waals surface area contributed by atoms with Gasteiger partial charge in [-0.1, -0.05) is 12.2 Å². The number of nitro groups is 1. The summed E-state index contributed by atoms with van der Waals surface area (Å²) in [5, 5.41) is 10.6. The van der Waals surface area contributed by atoms with E-state index >= 15 is 0 Å². The minimum atomic E-state index is -4.60. The molecule has 0 bridgehead atoms. The summed E-state index contributed by atoms with van der Waals surface area (Å²) in [6.45, 7) is 0.151. The van der Waals surface area contributed by atoms with Gasteiger partial charge in [0.1, 0.15) is 0 Å². The largest absolute Gasteiger partial charge is 0.416 e. The van der Waals surface area contributed by atoms with Crippen molar-refractivity contribution in [3.63, 3.8) is 0 Å². The Morgan fingerprint density at radius 3 is 2.53 bits per heavy atom. The Labute approximate surface area is 94.7 Å². The summed E-state index contributed by atoms with van der Waals surface area (Å²) in [5.41, 5.74) is 3.62. The van der Waals surface area contributed by atoms with Crippen molar-refractivity contribution in [2.75, 3.05) is 6.54 Å². The topological polar surface area (TPSA) is 69.2 Å². The number of hydrogen-bond acceptors (Lipinski definition) is 3. The van der Waals surface area contributed by atoms with Gasteiger partial charge in [-0.3, -0.25) is 10.1 Å². The molecule has 0 saturated carbocycles. The van der Waals surface area contributed by atoms with E-state index in [0.717, 1.165) is 12.1 Å². The van der Waals surface area contributed by atoms with Crippen LogP contribution in [-0.4, -0.2) is 11.5 Å². The van der Waals surface area contributed by atoms with Gasteiger partial charge in [0.2, 0.25) is 0 Å². The van der Waals surface area contributed by atoms with Crippen LogP contribution in [0.25, 0.3) is 6.08 Å². The number of hydrogen-bond donors (Lipinski definition) is 1. The number of alkyl halides is 3. The van der Waals surface area contributed by atoms with Gasteiger partial charge in [0.25, 0.3) is 5.69 Å². The highest BCUT2D eigenvalue weighted by Gasteiger charge is 2.32. The first-order valence-electron chi connectivity index (χ1n) is 4.58. The summed E-state index contributed by atoms with van der Waals surface area (Å²) < 4.78 is 37.1. The standard InChI is InChI=1S/C10H9F3N2O2/c11-10(12,13)8-4-3-7(2-1-5-14)9(6-8)15(16)17/h1-4,6H,5,14H2/b2-1+. The van der Waals surface area contributed by atoms with Crippen LogP contribution in [0.3, 0.4) is 0 Å². The second-order valence-corrected chi connectivity index (χ2v) is 3.17. The number of halogens is 3. The summed E-state index contributed by atoms with van der Waals surface area (Å²) in [5.74, 6) is 0. The van der Waals surface area contributed by atoms with Gasteiger partial charge in [-0.15, -0.1) is 0 Å². The van der Waals surface area contributed by atoms with E-state index in [9.17, 15) is 23.3 Å². The average Bonchev–Trinajstić information content (AvgIpc) is 2.24. The van der Waals surface area contributed by atoms with E-state index in [1.54, 1.807) is 0 Å². The molecular formula is C10H9F3N2O2. The van der Waals surface area contributed by atoms with Crippen molar-refractivity contribution in [3.05, 3.63) is 45.5 Å². The van der Waals surface area contributed by atoms with Crippen LogP contribution < -0.4 is 5.73 Å². The van der Waals surface area contributed by atoms with Gasteiger partial charge >= 0.3 is 6.18 Å². The van der Waals surface area contributed by atoms with Gasteiger partial charge in [0.15, 0.2) is 0 Å². The van der Waals surface area contributed by atoms with Crippen LogP contribution in [0.15, 0.2) is 24.3 Å². The molecule has 0 aromatic heterocycles. The number of nitro benzene ring substituents is 1. The molecule has 1 rings (SSSR count). The van der Waals surface area contributed by atoms with Crippen molar-refractivity contribution >= 4 is 11.8 Å². The molecule has 0 saturated heterocycles. The lowest BCUT2D eigenvalue weighted by molar-refractivity contribution is -0.385. The third kappa shape index (κ3) is 3.28. The van der Waals surface area contributed by atoms with Gasteiger partial charge in [-0.05, 0) is 12.1 Å². The van der Waals surface area contributed by atoms with Crippen LogP contribution in [0, 0.1) is 10.1 Å². The fourth-order valence-corrected chi connectivity index (χ4v) is 1.21. The van der Waals surface area contributed by atoms with Gasteiger partial charge in [-0.2, -0.15) is 13.2 Å². The molecule has 17 heavy (non-hydrogen) atoms. The molecule has 0 aliphatic heterocycles. The molecule has 4 nitrogen and oxygen atoms in total. The number of nitrogens with two attached hydrogens (primary N) is 1. The van der Waals surface area contributed by atoms with Crippen molar-refractivity contribution in [3.8, 4) is 0 Å². The zero-order chi connectivity index (χ0) is 13.1. The SMILES string of the molecule is NC/C=C/c1ccc(C(F)(F)F)cc1[N+](=O)[O-]. The monoisotopic (exact) mass is 246 g/mol. The van der Waals surface area contributed by atoms with E-state index < -0.39 is 22.4 Å². The molecule has 0 fully saturated rings. The highest BCUT2D eigenvalue weighted by Crippen LogP contribution is 2.33. The smallest absolute Gasteiger partial charge is 0.327 e. The lowest BCUT2D eigenvalue weighted by atomic mass is 10.1. The molecule has 0 spiro atoms. The Morgan fingerprint density at radius 2 is 2.06 bits per heavy atom. The minimum absolute atomic E-state index is 0.0912. The van der Waals surface area contributed by atoms with Gasteiger partial charge < -0.3 is 5.73 Å².